The first-order valence-corrected chi connectivity index (χ1v) is 8.73. The highest BCUT2D eigenvalue weighted by Gasteiger charge is 2.42. The van der Waals surface area contributed by atoms with Gasteiger partial charge in [-0.2, -0.15) is 0 Å². The molecule has 0 aromatic carbocycles. The minimum Gasteiger partial charge on any atom is -0.381 e. The van der Waals surface area contributed by atoms with Crippen LogP contribution in [0.1, 0.15) is 30.9 Å². The number of hydrogen-bond donors (Lipinski definition) is 1. The molecule has 1 aromatic heterocycles. The monoisotopic (exact) mass is 444 g/mol. The number of rotatable bonds is 4. The minimum absolute atomic E-state index is 0. The number of halogens is 1. The zero-order valence-electron chi connectivity index (χ0n) is 14.8. The van der Waals surface area contributed by atoms with Gasteiger partial charge in [-0.05, 0) is 50.3 Å². The number of aliphatic imine (C=N–C) groups is 1. The van der Waals surface area contributed by atoms with Crippen LogP contribution in [0.15, 0.2) is 23.5 Å². The first-order chi connectivity index (χ1) is 11.2. The number of nitrogens with one attached hydrogen (secondary N) is 1. The van der Waals surface area contributed by atoms with Crippen molar-refractivity contribution < 1.29 is 4.74 Å². The maximum atomic E-state index is 5.63. The van der Waals surface area contributed by atoms with E-state index in [1.165, 1.54) is 24.0 Å². The molecule has 2 fully saturated rings. The van der Waals surface area contributed by atoms with Crippen LogP contribution >= 0.6 is 24.0 Å². The van der Waals surface area contributed by atoms with E-state index >= 15 is 0 Å². The first-order valence-electron chi connectivity index (χ1n) is 8.73. The molecule has 2 saturated heterocycles. The van der Waals surface area contributed by atoms with Crippen molar-refractivity contribution in [3.8, 4) is 0 Å². The van der Waals surface area contributed by atoms with Crippen molar-refractivity contribution in [3.63, 3.8) is 0 Å². The highest BCUT2D eigenvalue weighted by molar-refractivity contribution is 14.0. The Balaban J connectivity index is 0.00000208. The molecule has 0 saturated carbocycles. The number of aromatic nitrogens is 1. The highest BCUT2D eigenvalue weighted by Crippen LogP contribution is 2.38. The minimum atomic E-state index is 0. The lowest BCUT2D eigenvalue weighted by Gasteiger charge is -2.25. The van der Waals surface area contributed by atoms with Crippen molar-refractivity contribution in [2.45, 2.75) is 33.1 Å². The van der Waals surface area contributed by atoms with E-state index in [2.05, 4.69) is 35.1 Å². The fourth-order valence-corrected chi connectivity index (χ4v) is 3.58. The van der Waals surface area contributed by atoms with Crippen molar-refractivity contribution in [2.24, 2.45) is 10.4 Å². The van der Waals surface area contributed by atoms with Gasteiger partial charge in [-0.15, -0.1) is 24.0 Å². The molecule has 134 valence electrons. The molecule has 5 nitrogen and oxygen atoms in total. The summed E-state index contributed by atoms with van der Waals surface area (Å²) in [5, 5.41) is 3.45. The summed E-state index contributed by atoms with van der Waals surface area (Å²) in [4.78, 5) is 11.4. The SMILES string of the molecule is CCNC(=NCCc1ccncc1C)N1CCC2(CCOC2)C1.I. The van der Waals surface area contributed by atoms with Crippen molar-refractivity contribution in [2.75, 3.05) is 39.4 Å². The molecule has 0 radical (unpaired) electrons. The second-order valence-electron chi connectivity index (χ2n) is 6.76. The Bertz CT molecular complexity index is 558. The third kappa shape index (κ3) is 4.59. The van der Waals surface area contributed by atoms with Gasteiger partial charge >= 0.3 is 0 Å². The average Bonchev–Trinajstić information content (AvgIpc) is 3.19. The van der Waals surface area contributed by atoms with Gasteiger partial charge in [0.05, 0.1) is 6.61 Å². The van der Waals surface area contributed by atoms with Crippen molar-refractivity contribution >= 4 is 29.9 Å². The van der Waals surface area contributed by atoms with Crippen LogP contribution in [-0.4, -0.2) is 55.2 Å². The lowest BCUT2D eigenvalue weighted by molar-refractivity contribution is 0.156. The summed E-state index contributed by atoms with van der Waals surface area (Å²) in [7, 11) is 0. The summed E-state index contributed by atoms with van der Waals surface area (Å²) in [5.74, 6) is 1.06. The summed E-state index contributed by atoms with van der Waals surface area (Å²) in [5.41, 5.74) is 2.95. The van der Waals surface area contributed by atoms with Gasteiger partial charge in [0.1, 0.15) is 0 Å². The van der Waals surface area contributed by atoms with E-state index in [1.54, 1.807) is 0 Å². The molecular weight excluding hydrogens is 415 g/mol. The van der Waals surface area contributed by atoms with Gasteiger partial charge in [0.15, 0.2) is 5.96 Å². The van der Waals surface area contributed by atoms with Gasteiger partial charge in [0.2, 0.25) is 0 Å². The zero-order chi connectivity index (χ0) is 16.1. The van der Waals surface area contributed by atoms with Crippen LogP contribution in [0.2, 0.25) is 0 Å². The Labute approximate surface area is 162 Å². The Morgan fingerprint density at radius 2 is 2.33 bits per heavy atom. The van der Waals surface area contributed by atoms with E-state index in [0.717, 1.165) is 51.8 Å². The second-order valence-corrected chi connectivity index (χ2v) is 6.76. The van der Waals surface area contributed by atoms with Crippen LogP contribution in [0.4, 0.5) is 0 Å². The molecular formula is C18H29IN4O. The average molecular weight is 444 g/mol. The number of likely N-dealkylation sites (tertiary alicyclic amines) is 1. The largest absolute Gasteiger partial charge is 0.381 e. The topological polar surface area (TPSA) is 49.8 Å². The summed E-state index contributed by atoms with van der Waals surface area (Å²) in [6, 6.07) is 2.10. The molecule has 0 bridgehead atoms. The summed E-state index contributed by atoms with van der Waals surface area (Å²) in [6.07, 6.45) is 7.17. The predicted molar refractivity (Wildman–Crippen MR) is 108 cm³/mol. The van der Waals surface area contributed by atoms with E-state index in [9.17, 15) is 0 Å². The standard InChI is InChI=1S/C18H28N4O.HI/c1-3-20-17(21-9-5-16-4-8-19-12-15(16)2)22-10-6-18(13-22)7-11-23-14-18;/h4,8,12H,3,5-7,9-11,13-14H2,1-2H3,(H,20,21);1H. The van der Waals surface area contributed by atoms with Crippen LogP contribution in [0.3, 0.4) is 0 Å². The van der Waals surface area contributed by atoms with Gasteiger partial charge in [-0.25, -0.2) is 0 Å². The van der Waals surface area contributed by atoms with Gasteiger partial charge in [0.25, 0.3) is 0 Å². The smallest absolute Gasteiger partial charge is 0.193 e. The van der Waals surface area contributed by atoms with Crippen LogP contribution in [0.25, 0.3) is 0 Å². The molecule has 24 heavy (non-hydrogen) atoms. The molecule has 3 rings (SSSR count). The van der Waals surface area contributed by atoms with Crippen molar-refractivity contribution in [1.82, 2.24) is 15.2 Å². The second kappa shape index (κ2) is 8.99. The molecule has 2 aliphatic heterocycles. The number of nitrogens with zero attached hydrogens (tertiary/aromatic N) is 3. The van der Waals surface area contributed by atoms with E-state index in [-0.39, 0.29) is 24.0 Å². The van der Waals surface area contributed by atoms with Crippen LogP contribution in [-0.2, 0) is 11.2 Å². The predicted octanol–water partition coefficient (Wildman–Crippen LogP) is 2.63. The van der Waals surface area contributed by atoms with Gasteiger partial charge in [-0.1, -0.05) is 0 Å². The quantitative estimate of drug-likeness (QED) is 0.441. The lowest BCUT2D eigenvalue weighted by Crippen LogP contribution is -2.41. The van der Waals surface area contributed by atoms with Gasteiger partial charge < -0.3 is 15.0 Å². The number of pyridine rings is 1. The maximum absolute atomic E-state index is 5.63. The molecule has 6 heteroatoms. The van der Waals surface area contributed by atoms with Crippen LogP contribution in [0.5, 0.6) is 0 Å². The van der Waals surface area contributed by atoms with E-state index in [1.807, 2.05) is 12.4 Å². The molecule has 1 spiro atoms. The van der Waals surface area contributed by atoms with E-state index in [0.29, 0.717) is 5.41 Å². The molecule has 0 aliphatic carbocycles. The molecule has 2 aliphatic rings. The van der Waals surface area contributed by atoms with Crippen molar-refractivity contribution in [1.29, 1.82) is 0 Å². The van der Waals surface area contributed by atoms with Gasteiger partial charge in [0, 0.05) is 50.6 Å². The third-order valence-electron chi connectivity index (χ3n) is 5.04. The number of guanidine groups is 1. The molecule has 1 unspecified atom stereocenters. The molecule has 1 aromatic rings. The van der Waals surface area contributed by atoms with E-state index in [4.69, 9.17) is 9.73 Å². The Kier molecular flexibility index (Phi) is 7.28. The summed E-state index contributed by atoms with van der Waals surface area (Å²) >= 11 is 0. The maximum Gasteiger partial charge on any atom is 0.193 e. The Morgan fingerprint density at radius 3 is 3.04 bits per heavy atom. The third-order valence-corrected chi connectivity index (χ3v) is 5.04. The highest BCUT2D eigenvalue weighted by atomic mass is 127. The van der Waals surface area contributed by atoms with Gasteiger partial charge in [-0.3, -0.25) is 9.98 Å². The molecule has 1 N–H and O–H groups in total. The Morgan fingerprint density at radius 1 is 1.46 bits per heavy atom. The first kappa shape index (κ1) is 19.4. The fourth-order valence-electron chi connectivity index (χ4n) is 3.58. The lowest BCUT2D eigenvalue weighted by atomic mass is 9.87. The normalized spacial score (nSPS) is 23.6. The molecule has 1 atom stereocenters. The summed E-state index contributed by atoms with van der Waals surface area (Å²) < 4.78 is 5.63. The van der Waals surface area contributed by atoms with Crippen LogP contribution < -0.4 is 5.32 Å². The van der Waals surface area contributed by atoms with Crippen molar-refractivity contribution in [3.05, 3.63) is 29.6 Å². The number of hydrogen-bond acceptors (Lipinski definition) is 3. The molecule has 0 amide bonds. The number of ether oxygens (including phenoxy) is 1. The number of aryl methyl sites for hydroxylation is 1. The zero-order valence-corrected chi connectivity index (χ0v) is 17.1. The Hall–Kier alpha value is -0.890. The van der Waals surface area contributed by atoms with E-state index < -0.39 is 0 Å². The molecule has 3 heterocycles. The van der Waals surface area contributed by atoms with Crippen LogP contribution in [0, 0.1) is 12.3 Å². The summed E-state index contributed by atoms with van der Waals surface area (Å²) in [6.45, 7) is 9.97. The fraction of sp³-hybridized carbons (Fsp3) is 0.667.